The van der Waals surface area contributed by atoms with E-state index in [4.69, 9.17) is 0 Å². The molecule has 0 saturated carbocycles. The summed E-state index contributed by atoms with van der Waals surface area (Å²) in [5.41, 5.74) is 0.498. The van der Waals surface area contributed by atoms with Gasteiger partial charge in [0.15, 0.2) is 12.4 Å². The van der Waals surface area contributed by atoms with Gasteiger partial charge in [0.25, 0.3) is 5.91 Å². The zero-order chi connectivity index (χ0) is 19.0. The summed E-state index contributed by atoms with van der Waals surface area (Å²) >= 11 is 0. The van der Waals surface area contributed by atoms with Gasteiger partial charge < -0.3 is 15.4 Å². The Kier molecular flexibility index (Phi) is 15.6. The second-order valence-corrected chi connectivity index (χ2v) is 6.83. The van der Waals surface area contributed by atoms with Crippen molar-refractivity contribution in [1.29, 1.82) is 0 Å². The number of rotatable bonds is 14. The van der Waals surface area contributed by atoms with E-state index in [1.807, 2.05) is 0 Å². The number of hydrogen-bond donors (Lipinski definition) is 1. The van der Waals surface area contributed by atoms with E-state index < -0.39 is 0 Å². The van der Waals surface area contributed by atoms with Gasteiger partial charge in [0.05, 0.1) is 0 Å². The van der Waals surface area contributed by atoms with E-state index >= 15 is 0 Å². The molecule has 0 saturated heterocycles. The molecule has 1 heterocycles. The number of nitrogens with one attached hydrogen (secondary N) is 1. The molecule has 0 atom stereocenters. The fourth-order valence-corrected chi connectivity index (χ4v) is 2.94. The predicted octanol–water partition coefficient (Wildman–Crippen LogP) is 3.17. The average Bonchev–Trinajstić information content (AvgIpc) is 2.65. The molecule has 0 radical (unpaired) electrons. The molecular formula is C21H36ClN3O2. The van der Waals surface area contributed by atoms with Gasteiger partial charge in [-0.05, 0) is 18.4 Å². The first-order chi connectivity index (χ1) is 12.7. The lowest BCUT2D eigenvalue weighted by molar-refractivity contribution is -0.684. The molecule has 1 N–H and O–H groups in total. The quantitative estimate of drug-likeness (QED) is 0.227. The topological polar surface area (TPSA) is 68.4 Å². The Morgan fingerprint density at radius 1 is 1.07 bits per heavy atom. The lowest BCUT2D eigenvalue weighted by atomic mass is 10.1. The van der Waals surface area contributed by atoms with Crippen LogP contribution < -0.4 is 15.0 Å². The normalized spacial score (nSPS) is 11.1. The Labute approximate surface area is 170 Å². The Morgan fingerprint density at radius 3 is 2.26 bits per heavy atom. The first-order valence-electron chi connectivity index (χ1n) is 10.1. The van der Waals surface area contributed by atoms with Gasteiger partial charge in [0.1, 0.15) is 0 Å². The molecule has 154 valence electrons. The van der Waals surface area contributed by atoms with Crippen LogP contribution in [0.2, 0.25) is 0 Å². The van der Waals surface area contributed by atoms with E-state index in [0.717, 1.165) is 13.0 Å². The van der Waals surface area contributed by atoms with E-state index in [-0.39, 0.29) is 30.8 Å². The molecule has 0 bridgehead atoms. The molecule has 0 aliphatic heterocycles. The van der Waals surface area contributed by atoms with Crippen LogP contribution >= 0.6 is 12.4 Å². The van der Waals surface area contributed by atoms with Crippen LogP contribution in [-0.4, -0.2) is 25.4 Å². The molecule has 0 aliphatic carbocycles. The lowest BCUT2D eigenvalue weighted by Gasteiger charge is -2.08. The van der Waals surface area contributed by atoms with E-state index in [1.54, 1.807) is 29.1 Å². The van der Waals surface area contributed by atoms with Crippen molar-refractivity contribution in [1.82, 2.24) is 5.32 Å². The van der Waals surface area contributed by atoms with Crippen LogP contribution in [0.3, 0.4) is 0 Å². The van der Waals surface area contributed by atoms with Gasteiger partial charge in [-0.1, -0.05) is 64.7 Å². The van der Waals surface area contributed by atoms with E-state index in [1.165, 1.54) is 64.8 Å². The number of unbranched alkanes of at least 4 members (excludes halogenated alkanes) is 9. The number of carbonyl (C=O) groups is 1. The fraction of sp³-hybridized carbons (Fsp3) is 0.667. The first kappa shape index (κ1) is 25.4. The number of aromatic nitrogens is 1. The van der Waals surface area contributed by atoms with Crippen molar-refractivity contribution in [2.75, 3.05) is 13.6 Å². The highest BCUT2D eigenvalue weighted by Gasteiger charge is 2.09. The van der Waals surface area contributed by atoms with Crippen molar-refractivity contribution in [2.24, 2.45) is 4.99 Å². The summed E-state index contributed by atoms with van der Waals surface area (Å²) in [6.45, 7) is 3.19. The minimum Gasteiger partial charge on any atom is -0.858 e. The smallest absolute Gasteiger partial charge is 0.285 e. The van der Waals surface area contributed by atoms with Crippen LogP contribution in [-0.2, 0) is 11.3 Å². The van der Waals surface area contributed by atoms with Crippen LogP contribution in [0.4, 0.5) is 0 Å². The molecule has 0 aromatic carbocycles. The number of pyridine rings is 1. The Bertz CT molecular complexity index is 550. The SMILES string of the molecule is CCCCCCCCCCCCNC(=O)C[n+]1cccc(C([O-])=NC)c1.Cl. The number of hydrogen-bond acceptors (Lipinski definition) is 3. The maximum Gasteiger partial charge on any atom is 0.285 e. The molecule has 6 heteroatoms. The van der Waals surface area contributed by atoms with Crippen molar-refractivity contribution in [3.05, 3.63) is 30.1 Å². The summed E-state index contributed by atoms with van der Waals surface area (Å²) in [7, 11) is 1.47. The van der Waals surface area contributed by atoms with E-state index in [9.17, 15) is 9.90 Å². The van der Waals surface area contributed by atoms with Crippen LogP contribution in [0.15, 0.2) is 29.5 Å². The highest BCUT2D eigenvalue weighted by Crippen LogP contribution is 2.10. The van der Waals surface area contributed by atoms with Gasteiger partial charge in [-0.15, -0.1) is 12.4 Å². The number of amides is 1. The van der Waals surface area contributed by atoms with Crippen LogP contribution in [0.25, 0.3) is 0 Å². The minimum atomic E-state index is -0.273. The number of halogens is 1. The van der Waals surface area contributed by atoms with Gasteiger partial charge in [0.2, 0.25) is 6.54 Å². The molecule has 1 aromatic heterocycles. The average molecular weight is 398 g/mol. The largest absolute Gasteiger partial charge is 0.858 e. The number of aliphatic imine (C=N–C) groups is 1. The maximum atomic E-state index is 12.0. The van der Waals surface area contributed by atoms with Crippen molar-refractivity contribution in [2.45, 2.75) is 77.7 Å². The third-order valence-electron chi connectivity index (χ3n) is 4.49. The van der Waals surface area contributed by atoms with Crippen LogP contribution in [0.1, 0.15) is 76.7 Å². The Morgan fingerprint density at radius 2 is 1.67 bits per heavy atom. The third kappa shape index (κ3) is 12.4. The van der Waals surface area contributed by atoms with Gasteiger partial charge in [-0.2, -0.15) is 4.57 Å². The summed E-state index contributed by atoms with van der Waals surface area (Å²) in [4.78, 5) is 15.6. The summed E-state index contributed by atoms with van der Waals surface area (Å²) < 4.78 is 1.71. The third-order valence-corrected chi connectivity index (χ3v) is 4.49. The molecule has 0 fully saturated rings. The van der Waals surface area contributed by atoms with Crippen molar-refractivity contribution in [3.8, 4) is 0 Å². The lowest BCUT2D eigenvalue weighted by Crippen LogP contribution is -2.43. The van der Waals surface area contributed by atoms with Crippen molar-refractivity contribution >= 4 is 24.2 Å². The molecule has 1 amide bonds. The summed E-state index contributed by atoms with van der Waals surface area (Å²) in [5.74, 6) is -0.297. The second-order valence-electron chi connectivity index (χ2n) is 6.83. The van der Waals surface area contributed by atoms with Crippen molar-refractivity contribution < 1.29 is 14.5 Å². The van der Waals surface area contributed by atoms with Crippen LogP contribution in [0.5, 0.6) is 0 Å². The Balaban J connectivity index is 0.00000676. The highest BCUT2D eigenvalue weighted by molar-refractivity contribution is 5.89. The van der Waals surface area contributed by atoms with Gasteiger partial charge >= 0.3 is 0 Å². The highest BCUT2D eigenvalue weighted by atomic mass is 35.5. The molecular weight excluding hydrogens is 362 g/mol. The molecule has 1 aromatic rings. The number of nitrogens with zero attached hydrogens (tertiary/aromatic N) is 2. The molecule has 0 unspecified atom stereocenters. The predicted molar refractivity (Wildman–Crippen MR) is 111 cm³/mol. The first-order valence-corrected chi connectivity index (χ1v) is 10.1. The summed E-state index contributed by atoms with van der Waals surface area (Å²) in [6, 6.07) is 3.46. The standard InChI is InChI=1S/C21H35N3O2.ClH/c1-3-4-5-6-7-8-9-10-11-12-15-23-20(25)18-24-16-13-14-19(17-24)21(26)22-2;/h13-14,16-17H,3-12,15,18H2,1-2H3,(H-,22,23,25,26);1H. The van der Waals surface area contributed by atoms with E-state index in [0.29, 0.717) is 5.56 Å². The molecule has 27 heavy (non-hydrogen) atoms. The molecule has 0 spiro atoms. The zero-order valence-corrected chi connectivity index (χ0v) is 17.7. The van der Waals surface area contributed by atoms with Gasteiger partial charge in [-0.3, -0.25) is 4.79 Å². The second kappa shape index (κ2) is 16.5. The summed E-state index contributed by atoms with van der Waals surface area (Å²) in [6.07, 6.45) is 16.3. The van der Waals surface area contributed by atoms with Crippen LogP contribution in [0, 0.1) is 0 Å². The van der Waals surface area contributed by atoms with Gasteiger partial charge in [-0.25, -0.2) is 0 Å². The zero-order valence-electron chi connectivity index (χ0n) is 16.9. The van der Waals surface area contributed by atoms with E-state index in [2.05, 4.69) is 17.2 Å². The van der Waals surface area contributed by atoms with Gasteiger partial charge in [0, 0.05) is 25.2 Å². The molecule has 5 nitrogen and oxygen atoms in total. The number of carbonyl (C=O) groups excluding carboxylic acids is 1. The fourth-order valence-electron chi connectivity index (χ4n) is 2.94. The molecule has 0 aliphatic rings. The minimum absolute atomic E-state index is 0. The summed E-state index contributed by atoms with van der Waals surface area (Å²) in [5, 5.41) is 14.5. The maximum absolute atomic E-state index is 12.0. The molecule has 1 rings (SSSR count). The monoisotopic (exact) mass is 397 g/mol. The Hall–Kier alpha value is -1.62. The van der Waals surface area contributed by atoms with Crippen molar-refractivity contribution in [3.63, 3.8) is 0 Å².